The van der Waals surface area contributed by atoms with Gasteiger partial charge in [0.05, 0.1) is 5.52 Å². The lowest BCUT2D eigenvalue weighted by atomic mass is 10.1. The van der Waals surface area contributed by atoms with Gasteiger partial charge in [-0.3, -0.25) is 4.79 Å². The second-order valence-electron chi connectivity index (χ2n) is 4.46. The molecule has 0 fully saturated rings. The fourth-order valence-electron chi connectivity index (χ4n) is 2.09. The van der Waals surface area contributed by atoms with Crippen molar-refractivity contribution in [1.29, 1.82) is 0 Å². The van der Waals surface area contributed by atoms with Gasteiger partial charge in [0.25, 0.3) is 5.56 Å². The van der Waals surface area contributed by atoms with Gasteiger partial charge in [0.1, 0.15) is 0 Å². The van der Waals surface area contributed by atoms with Crippen molar-refractivity contribution in [2.75, 3.05) is 0 Å². The van der Waals surface area contributed by atoms with Crippen LogP contribution in [0.4, 0.5) is 0 Å². The Morgan fingerprint density at radius 2 is 2.00 bits per heavy atom. The Bertz CT molecular complexity index is 671. The van der Waals surface area contributed by atoms with Gasteiger partial charge in [-0.1, -0.05) is 11.6 Å². The fourth-order valence-corrected chi connectivity index (χ4v) is 2.09. The molecule has 0 bridgehead atoms. The van der Waals surface area contributed by atoms with Crippen molar-refractivity contribution < 1.29 is 9.90 Å². The normalized spacial score (nSPS) is 10.8. The second kappa shape index (κ2) is 4.64. The van der Waals surface area contributed by atoms with Crippen molar-refractivity contribution in [3.8, 4) is 0 Å². The van der Waals surface area contributed by atoms with Gasteiger partial charge in [-0.05, 0) is 31.5 Å². The maximum Gasteiger partial charge on any atom is 0.251 e. The molecule has 0 atom stereocenters. The summed E-state index contributed by atoms with van der Waals surface area (Å²) in [4.78, 5) is 22.4. The zero-order valence-electron chi connectivity index (χ0n) is 10.4. The van der Waals surface area contributed by atoms with E-state index >= 15 is 0 Å². The van der Waals surface area contributed by atoms with Gasteiger partial charge < -0.3 is 14.5 Å². The highest BCUT2D eigenvalue weighted by Gasteiger charge is 2.06. The molecule has 2 aromatic rings. The van der Waals surface area contributed by atoms with Gasteiger partial charge >= 0.3 is 0 Å². The largest absolute Gasteiger partial charge is 0.550 e. The monoisotopic (exact) mass is 244 g/mol. The molecule has 0 spiro atoms. The Kier molecular flexibility index (Phi) is 3.19. The highest BCUT2D eigenvalue weighted by molar-refractivity contribution is 5.83. The van der Waals surface area contributed by atoms with Crippen LogP contribution in [0, 0.1) is 13.8 Å². The molecule has 0 aliphatic rings. The van der Waals surface area contributed by atoms with Crippen LogP contribution in [0.25, 0.3) is 10.9 Å². The van der Waals surface area contributed by atoms with Gasteiger partial charge in [-0.15, -0.1) is 0 Å². The summed E-state index contributed by atoms with van der Waals surface area (Å²) in [6, 6.07) is 7.31. The first kappa shape index (κ1) is 12.4. The first-order valence-corrected chi connectivity index (χ1v) is 5.79. The zero-order valence-corrected chi connectivity index (χ0v) is 10.4. The van der Waals surface area contributed by atoms with Crippen molar-refractivity contribution in [3.05, 3.63) is 45.7 Å². The summed E-state index contributed by atoms with van der Waals surface area (Å²) < 4.78 is 1.48. The number of carboxylic acids is 1. The highest BCUT2D eigenvalue weighted by Crippen LogP contribution is 2.18. The SMILES string of the molecule is Cc1ccc2c(c1)c(C)cc(=O)n2CCC(=O)[O-]. The molecule has 2 rings (SSSR count). The molecule has 0 aliphatic heterocycles. The molecule has 0 aliphatic carbocycles. The summed E-state index contributed by atoms with van der Waals surface area (Å²) in [7, 11) is 0. The average molecular weight is 244 g/mol. The number of nitrogens with zero attached hydrogens (tertiary/aromatic N) is 1. The Labute approximate surface area is 104 Å². The predicted molar refractivity (Wildman–Crippen MR) is 67.3 cm³/mol. The standard InChI is InChI=1S/C14H15NO3/c1-9-3-4-12-11(7-9)10(2)8-13(16)15(12)6-5-14(17)18/h3-4,7-8H,5-6H2,1-2H3,(H,17,18)/p-1. The van der Waals surface area contributed by atoms with Crippen LogP contribution in [-0.4, -0.2) is 10.5 Å². The topological polar surface area (TPSA) is 62.1 Å². The smallest absolute Gasteiger partial charge is 0.251 e. The third-order valence-electron chi connectivity index (χ3n) is 3.01. The third kappa shape index (κ3) is 2.27. The molecule has 0 N–H and O–H groups in total. The number of carboxylic acid groups (broad SMARTS) is 1. The van der Waals surface area contributed by atoms with Crippen LogP contribution in [0.3, 0.4) is 0 Å². The molecule has 1 heterocycles. The van der Waals surface area contributed by atoms with E-state index in [1.54, 1.807) is 0 Å². The zero-order chi connectivity index (χ0) is 13.3. The number of benzene rings is 1. The van der Waals surface area contributed by atoms with E-state index < -0.39 is 5.97 Å². The Balaban J connectivity index is 2.64. The van der Waals surface area contributed by atoms with Crippen LogP contribution >= 0.6 is 0 Å². The molecule has 0 radical (unpaired) electrons. The third-order valence-corrected chi connectivity index (χ3v) is 3.01. The number of hydrogen-bond donors (Lipinski definition) is 0. The fraction of sp³-hybridized carbons (Fsp3) is 0.286. The molecule has 4 heteroatoms. The summed E-state index contributed by atoms with van der Waals surface area (Å²) in [5, 5.41) is 11.5. The summed E-state index contributed by atoms with van der Waals surface area (Å²) in [6.07, 6.45) is -0.161. The van der Waals surface area contributed by atoms with Crippen molar-refractivity contribution in [1.82, 2.24) is 4.57 Å². The van der Waals surface area contributed by atoms with E-state index in [2.05, 4.69) is 0 Å². The van der Waals surface area contributed by atoms with E-state index in [1.165, 1.54) is 10.6 Å². The van der Waals surface area contributed by atoms with E-state index in [-0.39, 0.29) is 18.5 Å². The maximum absolute atomic E-state index is 11.9. The van der Waals surface area contributed by atoms with Gasteiger partial charge in [0.2, 0.25) is 0 Å². The summed E-state index contributed by atoms with van der Waals surface area (Å²) in [6.45, 7) is 4.00. The van der Waals surface area contributed by atoms with Crippen LogP contribution < -0.4 is 10.7 Å². The summed E-state index contributed by atoms with van der Waals surface area (Å²) in [5.74, 6) is -1.15. The lowest BCUT2D eigenvalue weighted by Gasteiger charge is -2.12. The van der Waals surface area contributed by atoms with E-state index in [4.69, 9.17) is 0 Å². The van der Waals surface area contributed by atoms with Gasteiger partial charge in [0.15, 0.2) is 0 Å². The number of pyridine rings is 1. The Morgan fingerprint density at radius 3 is 2.67 bits per heavy atom. The molecule has 0 saturated heterocycles. The van der Waals surface area contributed by atoms with E-state index in [9.17, 15) is 14.7 Å². The lowest BCUT2D eigenvalue weighted by molar-refractivity contribution is -0.305. The number of carbonyl (C=O) groups excluding carboxylic acids is 1. The average Bonchev–Trinajstić information content (AvgIpc) is 2.29. The molecular weight excluding hydrogens is 230 g/mol. The van der Waals surface area contributed by atoms with Crippen molar-refractivity contribution >= 4 is 16.9 Å². The van der Waals surface area contributed by atoms with Crippen LogP contribution in [-0.2, 0) is 11.3 Å². The summed E-state index contributed by atoms with van der Waals surface area (Å²) in [5.41, 5.74) is 2.61. The van der Waals surface area contributed by atoms with Gasteiger partial charge in [-0.25, -0.2) is 0 Å². The second-order valence-corrected chi connectivity index (χ2v) is 4.46. The van der Waals surface area contributed by atoms with Crippen LogP contribution in [0.5, 0.6) is 0 Å². The number of hydrogen-bond acceptors (Lipinski definition) is 3. The quantitative estimate of drug-likeness (QED) is 0.800. The number of fused-ring (bicyclic) bond motifs is 1. The maximum atomic E-state index is 11.9. The van der Waals surface area contributed by atoms with Crippen LogP contribution in [0.2, 0.25) is 0 Å². The Morgan fingerprint density at radius 1 is 1.28 bits per heavy atom. The molecule has 94 valence electrons. The number of rotatable bonds is 3. The first-order chi connectivity index (χ1) is 8.49. The van der Waals surface area contributed by atoms with Crippen molar-refractivity contribution in [3.63, 3.8) is 0 Å². The number of aliphatic carboxylic acids is 1. The van der Waals surface area contributed by atoms with Crippen molar-refractivity contribution in [2.45, 2.75) is 26.8 Å². The molecule has 4 nitrogen and oxygen atoms in total. The van der Waals surface area contributed by atoms with E-state index in [0.717, 1.165) is 22.0 Å². The van der Waals surface area contributed by atoms with Crippen LogP contribution in [0.1, 0.15) is 17.5 Å². The number of carbonyl (C=O) groups is 1. The van der Waals surface area contributed by atoms with Gasteiger partial charge in [0, 0.05) is 30.4 Å². The number of aryl methyl sites for hydroxylation is 3. The minimum atomic E-state index is -1.15. The van der Waals surface area contributed by atoms with E-state index in [0.29, 0.717) is 0 Å². The minimum Gasteiger partial charge on any atom is -0.550 e. The lowest BCUT2D eigenvalue weighted by Crippen LogP contribution is -2.27. The molecule has 1 aromatic carbocycles. The molecule has 1 aromatic heterocycles. The van der Waals surface area contributed by atoms with Gasteiger partial charge in [-0.2, -0.15) is 0 Å². The predicted octanol–water partition coefficient (Wildman–Crippen LogP) is 0.758. The van der Waals surface area contributed by atoms with Crippen molar-refractivity contribution in [2.24, 2.45) is 0 Å². The number of aromatic nitrogens is 1. The van der Waals surface area contributed by atoms with E-state index in [1.807, 2.05) is 32.0 Å². The Hall–Kier alpha value is -2.10. The molecule has 0 amide bonds. The first-order valence-electron chi connectivity index (χ1n) is 5.79. The molecule has 0 saturated carbocycles. The molecule has 0 unspecified atom stereocenters. The minimum absolute atomic E-state index is 0.140. The summed E-state index contributed by atoms with van der Waals surface area (Å²) >= 11 is 0. The highest BCUT2D eigenvalue weighted by atomic mass is 16.4. The van der Waals surface area contributed by atoms with Crippen LogP contribution in [0.15, 0.2) is 29.1 Å². The molecule has 18 heavy (non-hydrogen) atoms. The molecular formula is C14H14NO3-.